The Morgan fingerprint density at radius 1 is 1.28 bits per heavy atom. The van der Waals surface area contributed by atoms with Crippen LogP contribution in [0.4, 0.5) is 0 Å². The molecular weight excluding hydrogens is 224 g/mol. The van der Waals surface area contributed by atoms with E-state index in [0.29, 0.717) is 5.56 Å². The zero-order chi connectivity index (χ0) is 13.4. The molecule has 1 rings (SSSR count). The van der Waals surface area contributed by atoms with Crippen molar-refractivity contribution in [2.75, 3.05) is 0 Å². The van der Waals surface area contributed by atoms with Crippen LogP contribution in [0.2, 0.25) is 0 Å². The van der Waals surface area contributed by atoms with Gasteiger partial charge in [-0.15, -0.1) is 0 Å². The smallest absolute Gasteiger partial charge is 0.338 e. The fourth-order valence-electron chi connectivity index (χ4n) is 1.94. The molecule has 18 heavy (non-hydrogen) atoms. The van der Waals surface area contributed by atoms with E-state index in [0.717, 1.165) is 18.4 Å². The minimum atomic E-state index is -0.207. The van der Waals surface area contributed by atoms with Crippen molar-refractivity contribution in [2.24, 2.45) is 0 Å². The predicted molar refractivity (Wildman–Crippen MR) is 74.8 cm³/mol. The second-order valence-electron chi connectivity index (χ2n) is 4.93. The molecule has 1 unspecified atom stereocenters. The van der Waals surface area contributed by atoms with Gasteiger partial charge in [0.2, 0.25) is 0 Å². The third-order valence-electron chi connectivity index (χ3n) is 3.03. The van der Waals surface area contributed by atoms with Crippen molar-refractivity contribution in [1.82, 2.24) is 0 Å². The first-order chi connectivity index (χ1) is 8.63. The van der Waals surface area contributed by atoms with Gasteiger partial charge in [0.25, 0.3) is 0 Å². The summed E-state index contributed by atoms with van der Waals surface area (Å²) >= 11 is 0. The summed E-state index contributed by atoms with van der Waals surface area (Å²) < 4.78 is 5.43. The number of ether oxygens (including phenoxy) is 1. The fraction of sp³-hybridized carbons (Fsp3) is 0.562. The van der Waals surface area contributed by atoms with Crippen molar-refractivity contribution in [3.8, 4) is 0 Å². The molecule has 0 spiro atoms. The first-order valence-corrected chi connectivity index (χ1v) is 6.91. The van der Waals surface area contributed by atoms with E-state index in [9.17, 15) is 4.79 Å². The molecule has 2 nitrogen and oxygen atoms in total. The van der Waals surface area contributed by atoms with Crippen molar-refractivity contribution < 1.29 is 9.53 Å². The van der Waals surface area contributed by atoms with Gasteiger partial charge in [-0.25, -0.2) is 4.79 Å². The van der Waals surface area contributed by atoms with E-state index in [1.807, 2.05) is 32.0 Å². The molecule has 1 atom stereocenters. The van der Waals surface area contributed by atoms with Crippen molar-refractivity contribution in [3.05, 3.63) is 35.4 Å². The van der Waals surface area contributed by atoms with Crippen LogP contribution in [0.25, 0.3) is 0 Å². The molecule has 2 heteroatoms. The van der Waals surface area contributed by atoms with E-state index in [2.05, 4.69) is 6.92 Å². The molecule has 0 radical (unpaired) electrons. The van der Waals surface area contributed by atoms with Gasteiger partial charge in [-0.05, 0) is 38.8 Å². The van der Waals surface area contributed by atoms with Crippen LogP contribution in [0, 0.1) is 6.92 Å². The number of rotatable bonds is 7. The summed E-state index contributed by atoms with van der Waals surface area (Å²) in [5.74, 6) is -0.207. The van der Waals surface area contributed by atoms with Crippen molar-refractivity contribution >= 4 is 5.97 Å². The van der Waals surface area contributed by atoms with Gasteiger partial charge < -0.3 is 4.74 Å². The van der Waals surface area contributed by atoms with Crippen molar-refractivity contribution in [1.29, 1.82) is 0 Å². The van der Waals surface area contributed by atoms with Crippen LogP contribution in [0.1, 0.15) is 61.9 Å². The van der Waals surface area contributed by atoms with Crippen LogP contribution in [0.5, 0.6) is 0 Å². The zero-order valence-electron chi connectivity index (χ0n) is 11.7. The molecule has 100 valence electrons. The first-order valence-electron chi connectivity index (χ1n) is 6.91. The Morgan fingerprint density at radius 2 is 2.06 bits per heavy atom. The summed E-state index contributed by atoms with van der Waals surface area (Å²) in [4.78, 5) is 11.9. The Kier molecular flexibility index (Phi) is 6.48. The number of unbranched alkanes of at least 4 members (excludes halogenated alkanes) is 3. The zero-order valence-corrected chi connectivity index (χ0v) is 11.7. The van der Waals surface area contributed by atoms with Crippen LogP contribution in [0.3, 0.4) is 0 Å². The number of esters is 1. The second kappa shape index (κ2) is 7.91. The van der Waals surface area contributed by atoms with Crippen LogP contribution < -0.4 is 0 Å². The van der Waals surface area contributed by atoms with Crippen molar-refractivity contribution in [2.45, 2.75) is 59.0 Å². The lowest BCUT2D eigenvalue weighted by atomic mass is 10.1. The van der Waals surface area contributed by atoms with Crippen LogP contribution in [-0.2, 0) is 4.74 Å². The Morgan fingerprint density at radius 3 is 2.72 bits per heavy atom. The highest BCUT2D eigenvalue weighted by Crippen LogP contribution is 2.11. The van der Waals surface area contributed by atoms with Gasteiger partial charge in [0.1, 0.15) is 0 Å². The molecule has 0 aliphatic heterocycles. The van der Waals surface area contributed by atoms with E-state index < -0.39 is 0 Å². The van der Waals surface area contributed by atoms with E-state index in [1.54, 1.807) is 6.07 Å². The third kappa shape index (κ3) is 5.35. The second-order valence-corrected chi connectivity index (χ2v) is 4.93. The highest BCUT2D eigenvalue weighted by atomic mass is 16.5. The van der Waals surface area contributed by atoms with Gasteiger partial charge in [-0.2, -0.15) is 0 Å². The highest BCUT2D eigenvalue weighted by Gasteiger charge is 2.11. The molecule has 0 bridgehead atoms. The number of benzene rings is 1. The quantitative estimate of drug-likeness (QED) is 0.524. The molecular formula is C16H24O2. The first kappa shape index (κ1) is 14.7. The minimum absolute atomic E-state index is 0.00914. The fourth-order valence-corrected chi connectivity index (χ4v) is 1.94. The predicted octanol–water partition coefficient (Wildman–Crippen LogP) is 4.51. The van der Waals surface area contributed by atoms with Gasteiger partial charge in [0, 0.05) is 0 Å². The third-order valence-corrected chi connectivity index (χ3v) is 3.03. The van der Waals surface area contributed by atoms with E-state index in [-0.39, 0.29) is 12.1 Å². The molecule has 0 saturated heterocycles. The van der Waals surface area contributed by atoms with Gasteiger partial charge in [0.15, 0.2) is 0 Å². The lowest BCUT2D eigenvalue weighted by Crippen LogP contribution is -2.15. The van der Waals surface area contributed by atoms with Gasteiger partial charge in [-0.3, -0.25) is 0 Å². The molecule has 0 saturated carbocycles. The van der Waals surface area contributed by atoms with Crippen LogP contribution in [-0.4, -0.2) is 12.1 Å². The largest absolute Gasteiger partial charge is 0.459 e. The molecule has 0 aliphatic carbocycles. The maximum atomic E-state index is 11.9. The molecule has 0 heterocycles. The average Bonchev–Trinajstić information content (AvgIpc) is 2.34. The Bertz CT molecular complexity index is 371. The van der Waals surface area contributed by atoms with E-state index >= 15 is 0 Å². The summed E-state index contributed by atoms with van der Waals surface area (Å²) in [6.45, 7) is 6.14. The Labute approximate surface area is 110 Å². The summed E-state index contributed by atoms with van der Waals surface area (Å²) in [7, 11) is 0. The minimum Gasteiger partial charge on any atom is -0.459 e. The van der Waals surface area contributed by atoms with E-state index in [1.165, 1.54) is 19.3 Å². The van der Waals surface area contributed by atoms with Gasteiger partial charge in [-0.1, -0.05) is 43.9 Å². The maximum absolute atomic E-state index is 11.9. The standard InChI is InChI=1S/C16H24O2/c1-4-5-6-7-10-14(3)18-16(17)15-11-8-9-13(2)12-15/h8-9,11-12,14H,4-7,10H2,1-3H3. The van der Waals surface area contributed by atoms with E-state index in [4.69, 9.17) is 4.74 Å². The molecule has 0 aliphatic rings. The van der Waals surface area contributed by atoms with Gasteiger partial charge in [0.05, 0.1) is 11.7 Å². The number of carbonyl (C=O) groups excluding carboxylic acids is 1. The average molecular weight is 248 g/mol. The summed E-state index contributed by atoms with van der Waals surface area (Å²) in [6, 6.07) is 7.54. The monoisotopic (exact) mass is 248 g/mol. The number of aryl methyl sites for hydroxylation is 1. The maximum Gasteiger partial charge on any atom is 0.338 e. The van der Waals surface area contributed by atoms with Gasteiger partial charge >= 0.3 is 5.97 Å². The number of carbonyl (C=O) groups is 1. The highest BCUT2D eigenvalue weighted by molar-refractivity contribution is 5.89. The molecule has 0 aromatic heterocycles. The summed E-state index contributed by atoms with van der Waals surface area (Å²) in [6.07, 6.45) is 5.82. The Hall–Kier alpha value is -1.31. The summed E-state index contributed by atoms with van der Waals surface area (Å²) in [5.41, 5.74) is 1.73. The lowest BCUT2D eigenvalue weighted by molar-refractivity contribution is 0.0319. The van der Waals surface area contributed by atoms with Crippen LogP contribution >= 0.6 is 0 Å². The van der Waals surface area contributed by atoms with Crippen LogP contribution in [0.15, 0.2) is 24.3 Å². The van der Waals surface area contributed by atoms with Crippen molar-refractivity contribution in [3.63, 3.8) is 0 Å². The molecule has 1 aromatic carbocycles. The normalized spacial score (nSPS) is 12.2. The Balaban J connectivity index is 2.35. The summed E-state index contributed by atoms with van der Waals surface area (Å²) in [5, 5.41) is 0. The molecule has 0 amide bonds. The molecule has 0 N–H and O–H groups in total. The molecule has 0 fully saturated rings. The lowest BCUT2D eigenvalue weighted by Gasteiger charge is -2.13. The topological polar surface area (TPSA) is 26.3 Å². The SMILES string of the molecule is CCCCCCC(C)OC(=O)c1cccc(C)c1. The number of hydrogen-bond donors (Lipinski definition) is 0. The number of hydrogen-bond acceptors (Lipinski definition) is 2. The molecule has 1 aromatic rings.